The van der Waals surface area contributed by atoms with Gasteiger partial charge in [0.2, 0.25) is 5.91 Å². The Balaban J connectivity index is 1.35. The summed E-state index contributed by atoms with van der Waals surface area (Å²) in [7, 11) is 1.66. The molecule has 1 N–H and O–H groups in total. The molecule has 0 radical (unpaired) electrons. The first kappa shape index (κ1) is 17.8. The van der Waals surface area contributed by atoms with E-state index in [-0.39, 0.29) is 11.3 Å². The van der Waals surface area contributed by atoms with Gasteiger partial charge in [0.25, 0.3) is 0 Å². The van der Waals surface area contributed by atoms with Crippen molar-refractivity contribution in [2.24, 2.45) is 17.3 Å². The molecule has 4 aliphatic rings. The topological polar surface area (TPSA) is 38.3 Å². The number of rotatable bonds is 5. The second-order valence-electron chi connectivity index (χ2n) is 9.56. The molecule has 4 saturated carbocycles. The van der Waals surface area contributed by atoms with Crippen molar-refractivity contribution in [2.75, 3.05) is 12.4 Å². The van der Waals surface area contributed by atoms with E-state index >= 15 is 0 Å². The Morgan fingerprint density at radius 1 is 1.00 bits per heavy atom. The number of amides is 1. The number of anilines is 1. The van der Waals surface area contributed by atoms with Crippen molar-refractivity contribution < 1.29 is 9.53 Å². The second-order valence-corrected chi connectivity index (χ2v) is 9.56. The van der Waals surface area contributed by atoms with Gasteiger partial charge in [0, 0.05) is 12.1 Å². The fourth-order valence-electron chi connectivity index (χ4n) is 7.01. The number of methoxy groups -OCH3 is 1. The lowest BCUT2D eigenvalue weighted by Crippen LogP contribution is -2.54. The van der Waals surface area contributed by atoms with E-state index in [1.54, 1.807) is 7.11 Å². The van der Waals surface area contributed by atoms with Gasteiger partial charge in [-0.15, -0.1) is 0 Å². The highest BCUT2D eigenvalue weighted by molar-refractivity contribution is 5.91. The molecule has 146 valence electrons. The Kier molecular flexibility index (Phi) is 4.22. The van der Waals surface area contributed by atoms with E-state index in [4.69, 9.17) is 4.74 Å². The highest BCUT2D eigenvalue weighted by atomic mass is 16.5. The summed E-state index contributed by atoms with van der Waals surface area (Å²) in [6, 6.07) is 18.7. The maximum atomic E-state index is 13.0. The standard InChI is InChI=1S/C25H29NO2/c1-28-22-9-7-21(8-10-22)26-23(27)16-24-12-18-11-19(13-24)15-25(14-18,17-24)20-5-3-2-4-6-20/h2-10,18-19H,11-17H2,1H3,(H,26,27). The van der Waals surface area contributed by atoms with Crippen LogP contribution in [0.25, 0.3) is 0 Å². The third-order valence-corrected chi connectivity index (χ3v) is 7.48. The van der Waals surface area contributed by atoms with E-state index in [0.717, 1.165) is 23.3 Å². The van der Waals surface area contributed by atoms with Gasteiger partial charge >= 0.3 is 0 Å². The monoisotopic (exact) mass is 375 g/mol. The van der Waals surface area contributed by atoms with E-state index < -0.39 is 0 Å². The zero-order valence-corrected chi connectivity index (χ0v) is 16.6. The van der Waals surface area contributed by atoms with Crippen LogP contribution in [0.5, 0.6) is 5.75 Å². The minimum Gasteiger partial charge on any atom is -0.497 e. The summed E-state index contributed by atoms with van der Waals surface area (Å²) in [5, 5.41) is 3.13. The van der Waals surface area contributed by atoms with Crippen molar-refractivity contribution in [3.05, 3.63) is 60.2 Å². The van der Waals surface area contributed by atoms with Crippen molar-refractivity contribution in [1.29, 1.82) is 0 Å². The van der Waals surface area contributed by atoms with Crippen LogP contribution in [-0.2, 0) is 10.2 Å². The molecular weight excluding hydrogens is 346 g/mol. The Bertz CT molecular complexity index is 844. The smallest absolute Gasteiger partial charge is 0.224 e. The minimum atomic E-state index is 0.162. The van der Waals surface area contributed by atoms with Crippen molar-refractivity contribution >= 4 is 11.6 Å². The molecule has 4 aliphatic carbocycles. The first-order chi connectivity index (χ1) is 13.6. The van der Waals surface area contributed by atoms with Gasteiger partial charge in [-0.2, -0.15) is 0 Å². The van der Waals surface area contributed by atoms with Gasteiger partial charge < -0.3 is 10.1 Å². The van der Waals surface area contributed by atoms with Gasteiger partial charge in [-0.25, -0.2) is 0 Å². The Morgan fingerprint density at radius 3 is 2.32 bits per heavy atom. The third kappa shape index (κ3) is 3.11. The summed E-state index contributed by atoms with van der Waals surface area (Å²) < 4.78 is 5.21. The number of benzene rings is 2. The van der Waals surface area contributed by atoms with Crippen LogP contribution in [0.4, 0.5) is 5.69 Å². The lowest BCUT2D eigenvalue weighted by atomic mass is 9.42. The molecule has 0 aromatic heterocycles. The average Bonchev–Trinajstić information content (AvgIpc) is 2.68. The predicted octanol–water partition coefficient (Wildman–Crippen LogP) is 5.56. The molecule has 0 saturated heterocycles. The molecule has 0 spiro atoms. The van der Waals surface area contributed by atoms with Crippen molar-refractivity contribution in [1.82, 2.24) is 0 Å². The quantitative estimate of drug-likeness (QED) is 0.743. The fourth-order valence-corrected chi connectivity index (χ4v) is 7.01. The zero-order chi connectivity index (χ0) is 19.2. The van der Waals surface area contributed by atoms with Gasteiger partial charge in [0.05, 0.1) is 7.11 Å². The zero-order valence-electron chi connectivity index (χ0n) is 16.6. The molecule has 4 bridgehead atoms. The Labute approximate surface area is 167 Å². The Morgan fingerprint density at radius 2 is 1.68 bits per heavy atom. The lowest BCUT2D eigenvalue weighted by Gasteiger charge is -2.62. The molecule has 4 fully saturated rings. The van der Waals surface area contributed by atoms with Crippen LogP contribution in [0, 0.1) is 17.3 Å². The average molecular weight is 376 g/mol. The van der Waals surface area contributed by atoms with Gasteiger partial charge in [-0.3, -0.25) is 4.79 Å². The van der Waals surface area contributed by atoms with Crippen LogP contribution in [0.1, 0.15) is 50.5 Å². The summed E-state index contributed by atoms with van der Waals surface area (Å²) in [6.07, 6.45) is 8.29. The number of hydrogen-bond acceptors (Lipinski definition) is 2. The maximum absolute atomic E-state index is 13.0. The number of hydrogen-bond donors (Lipinski definition) is 1. The number of ether oxygens (including phenoxy) is 1. The highest BCUT2D eigenvalue weighted by Crippen LogP contribution is 2.66. The molecule has 3 nitrogen and oxygen atoms in total. The van der Waals surface area contributed by atoms with Gasteiger partial charge in [-0.05, 0) is 91.0 Å². The molecule has 1 amide bonds. The molecule has 0 heterocycles. The normalized spacial score (nSPS) is 32.9. The summed E-state index contributed by atoms with van der Waals surface area (Å²) in [5.74, 6) is 2.55. The molecule has 2 aromatic rings. The molecule has 2 aromatic carbocycles. The van der Waals surface area contributed by atoms with Crippen LogP contribution in [0.3, 0.4) is 0 Å². The van der Waals surface area contributed by atoms with E-state index in [9.17, 15) is 4.79 Å². The first-order valence-electron chi connectivity index (χ1n) is 10.6. The van der Waals surface area contributed by atoms with Crippen molar-refractivity contribution in [2.45, 2.75) is 50.4 Å². The summed E-state index contributed by atoms with van der Waals surface area (Å²) in [4.78, 5) is 13.0. The largest absolute Gasteiger partial charge is 0.497 e. The van der Waals surface area contributed by atoms with Crippen molar-refractivity contribution in [3.8, 4) is 5.75 Å². The van der Waals surface area contributed by atoms with Gasteiger partial charge in [0.15, 0.2) is 0 Å². The molecule has 2 unspecified atom stereocenters. The van der Waals surface area contributed by atoms with Crippen LogP contribution < -0.4 is 10.1 Å². The number of carbonyl (C=O) groups excluding carboxylic acids is 1. The number of nitrogens with one attached hydrogen (secondary N) is 1. The van der Waals surface area contributed by atoms with Crippen LogP contribution in [-0.4, -0.2) is 13.0 Å². The van der Waals surface area contributed by atoms with Gasteiger partial charge in [0.1, 0.15) is 5.75 Å². The minimum absolute atomic E-state index is 0.162. The Hall–Kier alpha value is -2.29. The van der Waals surface area contributed by atoms with Crippen LogP contribution in [0.2, 0.25) is 0 Å². The number of carbonyl (C=O) groups is 1. The van der Waals surface area contributed by atoms with E-state index in [1.807, 2.05) is 24.3 Å². The van der Waals surface area contributed by atoms with Crippen LogP contribution in [0.15, 0.2) is 54.6 Å². The maximum Gasteiger partial charge on any atom is 0.224 e. The van der Waals surface area contributed by atoms with Crippen LogP contribution >= 0.6 is 0 Å². The lowest BCUT2D eigenvalue weighted by molar-refractivity contribution is -0.126. The molecule has 0 aliphatic heterocycles. The molecule has 3 heteroatoms. The second kappa shape index (κ2) is 6.65. The third-order valence-electron chi connectivity index (χ3n) is 7.48. The molecular formula is C25H29NO2. The molecule has 6 rings (SSSR count). The van der Waals surface area contributed by atoms with Gasteiger partial charge in [-0.1, -0.05) is 30.3 Å². The summed E-state index contributed by atoms with van der Waals surface area (Å²) in [6.45, 7) is 0. The predicted molar refractivity (Wildman–Crippen MR) is 111 cm³/mol. The molecule has 2 atom stereocenters. The summed E-state index contributed by atoms with van der Waals surface area (Å²) in [5.41, 5.74) is 2.83. The molecule has 28 heavy (non-hydrogen) atoms. The summed E-state index contributed by atoms with van der Waals surface area (Å²) >= 11 is 0. The van der Waals surface area contributed by atoms with E-state index in [1.165, 1.54) is 44.1 Å². The first-order valence-corrected chi connectivity index (χ1v) is 10.6. The van der Waals surface area contributed by atoms with Crippen molar-refractivity contribution in [3.63, 3.8) is 0 Å². The highest BCUT2D eigenvalue weighted by Gasteiger charge is 2.58. The fraction of sp³-hybridized carbons (Fsp3) is 0.480. The van der Waals surface area contributed by atoms with E-state index in [0.29, 0.717) is 11.8 Å². The SMILES string of the molecule is COc1ccc(NC(=O)CC23CC4CC(C2)CC(c2ccccc2)(C4)C3)cc1. The van der Waals surface area contributed by atoms with E-state index in [2.05, 4.69) is 35.6 Å².